The third-order valence-corrected chi connectivity index (χ3v) is 2.19. The van der Waals surface area contributed by atoms with Gasteiger partial charge >= 0.3 is 0 Å². The number of ether oxygens (including phenoxy) is 1. The molecule has 11 heavy (non-hydrogen) atoms. The van der Waals surface area contributed by atoms with Crippen LogP contribution in [0.4, 0.5) is 0 Å². The van der Waals surface area contributed by atoms with Crippen LogP contribution in [0.15, 0.2) is 0 Å². The molecule has 0 amide bonds. The third kappa shape index (κ3) is 2.80. The zero-order valence-electron chi connectivity index (χ0n) is 7.55. The largest absolute Gasteiger partial charge is 0.377 e. The molecule has 2 atom stereocenters. The van der Waals surface area contributed by atoms with Crippen LogP contribution in [0.3, 0.4) is 0 Å². The fourth-order valence-corrected chi connectivity index (χ4v) is 1.57. The normalized spacial score (nSPS) is 32.7. The number of hydrogen-bond acceptors (Lipinski definition) is 2. The van der Waals surface area contributed by atoms with Crippen molar-refractivity contribution in [1.29, 1.82) is 0 Å². The van der Waals surface area contributed by atoms with E-state index < -0.39 is 0 Å². The van der Waals surface area contributed by atoms with Gasteiger partial charge in [0.05, 0.1) is 6.10 Å². The quantitative estimate of drug-likeness (QED) is 0.660. The van der Waals surface area contributed by atoms with E-state index in [0.29, 0.717) is 12.0 Å². The molecule has 0 radical (unpaired) electrons. The molecule has 0 bridgehead atoms. The smallest absolute Gasteiger partial charge is 0.0728 e. The van der Waals surface area contributed by atoms with E-state index in [4.69, 9.17) is 10.5 Å². The standard InChI is InChI=1S/C9H19NO/c1-7(2)6-9-8(10)4-3-5-11-9/h7-9H,3-6,10H2,1-2H3/t8-,9-/m1/s1. The molecule has 1 saturated heterocycles. The van der Waals surface area contributed by atoms with E-state index >= 15 is 0 Å². The first-order valence-corrected chi connectivity index (χ1v) is 4.57. The lowest BCUT2D eigenvalue weighted by Gasteiger charge is -2.30. The van der Waals surface area contributed by atoms with Crippen LogP contribution in [0.5, 0.6) is 0 Å². The van der Waals surface area contributed by atoms with Crippen molar-refractivity contribution in [2.24, 2.45) is 11.7 Å². The molecule has 0 aromatic rings. The van der Waals surface area contributed by atoms with Crippen LogP contribution in [0.1, 0.15) is 33.1 Å². The molecule has 66 valence electrons. The fraction of sp³-hybridized carbons (Fsp3) is 1.00. The van der Waals surface area contributed by atoms with Crippen LogP contribution in [-0.4, -0.2) is 18.8 Å². The van der Waals surface area contributed by atoms with E-state index in [2.05, 4.69) is 13.8 Å². The molecule has 2 heteroatoms. The highest BCUT2D eigenvalue weighted by molar-refractivity contribution is 4.77. The molecule has 1 rings (SSSR count). The van der Waals surface area contributed by atoms with Gasteiger partial charge in [0.15, 0.2) is 0 Å². The van der Waals surface area contributed by atoms with Crippen molar-refractivity contribution >= 4 is 0 Å². The molecule has 2 N–H and O–H groups in total. The summed E-state index contributed by atoms with van der Waals surface area (Å²) < 4.78 is 5.58. The Bertz CT molecular complexity index is 114. The summed E-state index contributed by atoms with van der Waals surface area (Å²) in [6.45, 7) is 5.33. The summed E-state index contributed by atoms with van der Waals surface area (Å²) in [7, 11) is 0. The Morgan fingerprint density at radius 1 is 1.55 bits per heavy atom. The highest BCUT2D eigenvalue weighted by Crippen LogP contribution is 2.18. The van der Waals surface area contributed by atoms with Crippen molar-refractivity contribution in [1.82, 2.24) is 0 Å². The summed E-state index contributed by atoms with van der Waals surface area (Å²) >= 11 is 0. The molecule has 1 aliphatic rings. The van der Waals surface area contributed by atoms with E-state index in [0.717, 1.165) is 25.9 Å². The van der Waals surface area contributed by atoms with Gasteiger partial charge in [-0.2, -0.15) is 0 Å². The first-order chi connectivity index (χ1) is 5.20. The zero-order valence-corrected chi connectivity index (χ0v) is 7.55. The minimum atomic E-state index is 0.283. The first kappa shape index (κ1) is 9.01. The molecule has 1 aliphatic heterocycles. The third-order valence-electron chi connectivity index (χ3n) is 2.19. The summed E-state index contributed by atoms with van der Waals surface area (Å²) in [6, 6.07) is 0.283. The molecular formula is C9H19NO. The van der Waals surface area contributed by atoms with Gasteiger partial charge in [0.2, 0.25) is 0 Å². The topological polar surface area (TPSA) is 35.2 Å². The van der Waals surface area contributed by atoms with Crippen LogP contribution in [0, 0.1) is 5.92 Å². The summed E-state index contributed by atoms with van der Waals surface area (Å²) in [4.78, 5) is 0. The van der Waals surface area contributed by atoms with Crippen molar-refractivity contribution in [3.63, 3.8) is 0 Å². The molecule has 0 aliphatic carbocycles. The van der Waals surface area contributed by atoms with Crippen molar-refractivity contribution in [3.8, 4) is 0 Å². The van der Waals surface area contributed by atoms with Gasteiger partial charge in [-0.15, -0.1) is 0 Å². The minimum absolute atomic E-state index is 0.283. The Hall–Kier alpha value is -0.0800. The zero-order chi connectivity index (χ0) is 8.27. The predicted molar refractivity (Wildman–Crippen MR) is 46.4 cm³/mol. The van der Waals surface area contributed by atoms with Gasteiger partial charge in [0.25, 0.3) is 0 Å². The molecule has 0 spiro atoms. The highest BCUT2D eigenvalue weighted by Gasteiger charge is 2.22. The fourth-order valence-electron chi connectivity index (χ4n) is 1.57. The Morgan fingerprint density at radius 2 is 2.27 bits per heavy atom. The Balaban J connectivity index is 2.29. The lowest BCUT2D eigenvalue weighted by molar-refractivity contribution is -0.00983. The van der Waals surface area contributed by atoms with Gasteiger partial charge in [-0.3, -0.25) is 0 Å². The van der Waals surface area contributed by atoms with Crippen molar-refractivity contribution in [3.05, 3.63) is 0 Å². The monoisotopic (exact) mass is 157 g/mol. The summed E-state index contributed by atoms with van der Waals surface area (Å²) in [5, 5.41) is 0. The maximum Gasteiger partial charge on any atom is 0.0728 e. The molecule has 0 saturated carbocycles. The summed E-state index contributed by atoms with van der Waals surface area (Å²) in [5.74, 6) is 0.698. The van der Waals surface area contributed by atoms with Crippen LogP contribution in [-0.2, 0) is 4.74 Å². The van der Waals surface area contributed by atoms with Gasteiger partial charge in [-0.25, -0.2) is 0 Å². The number of hydrogen-bond donors (Lipinski definition) is 1. The summed E-state index contributed by atoms with van der Waals surface area (Å²) in [6.07, 6.45) is 3.71. The van der Waals surface area contributed by atoms with Crippen molar-refractivity contribution in [2.75, 3.05) is 6.61 Å². The van der Waals surface area contributed by atoms with Gasteiger partial charge in [0, 0.05) is 12.6 Å². The molecule has 2 nitrogen and oxygen atoms in total. The van der Waals surface area contributed by atoms with E-state index in [1.165, 1.54) is 0 Å². The average molecular weight is 157 g/mol. The van der Waals surface area contributed by atoms with Gasteiger partial charge in [-0.1, -0.05) is 13.8 Å². The van der Waals surface area contributed by atoms with Crippen LogP contribution in [0.25, 0.3) is 0 Å². The molecule has 1 fully saturated rings. The summed E-state index contributed by atoms with van der Waals surface area (Å²) in [5.41, 5.74) is 5.90. The SMILES string of the molecule is CC(C)C[C@H]1OCCC[C@H]1N. The molecule has 0 unspecified atom stereocenters. The second kappa shape index (κ2) is 4.07. The average Bonchev–Trinajstić information content (AvgIpc) is 1.93. The van der Waals surface area contributed by atoms with Crippen LogP contribution >= 0.6 is 0 Å². The highest BCUT2D eigenvalue weighted by atomic mass is 16.5. The Kier molecular flexibility index (Phi) is 3.34. The number of nitrogens with two attached hydrogens (primary N) is 1. The number of rotatable bonds is 2. The van der Waals surface area contributed by atoms with E-state index in [9.17, 15) is 0 Å². The van der Waals surface area contributed by atoms with Gasteiger partial charge in [-0.05, 0) is 25.2 Å². The lowest BCUT2D eigenvalue weighted by atomic mass is 9.96. The minimum Gasteiger partial charge on any atom is -0.377 e. The van der Waals surface area contributed by atoms with E-state index in [-0.39, 0.29) is 6.04 Å². The van der Waals surface area contributed by atoms with Crippen LogP contribution in [0.2, 0.25) is 0 Å². The van der Waals surface area contributed by atoms with E-state index in [1.54, 1.807) is 0 Å². The first-order valence-electron chi connectivity index (χ1n) is 4.57. The molecule has 0 aromatic carbocycles. The lowest BCUT2D eigenvalue weighted by Crippen LogP contribution is -2.41. The molecule has 0 aromatic heterocycles. The second-order valence-corrected chi connectivity index (χ2v) is 3.84. The Labute approximate surface area is 69.1 Å². The van der Waals surface area contributed by atoms with Crippen LogP contribution < -0.4 is 5.73 Å². The van der Waals surface area contributed by atoms with Gasteiger partial charge in [0.1, 0.15) is 0 Å². The maximum atomic E-state index is 5.90. The molecular weight excluding hydrogens is 138 g/mol. The van der Waals surface area contributed by atoms with Gasteiger partial charge < -0.3 is 10.5 Å². The van der Waals surface area contributed by atoms with E-state index in [1.807, 2.05) is 0 Å². The Morgan fingerprint density at radius 3 is 2.82 bits per heavy atom. The van der Waals surface area contributed by atoms with Crippen molar-refractivity contribution in [2.45, 2.75) is 45.3 Å². The second-order valence-electron chi connectivity index (χ2n) is 3.84. The predicted octanol–water partition coefficient (Wildman–Crippen LogP) is 1.54. The van der Waals surface area contributed by atoms with Crippen molar-refractivity contribution < 1.29 is 4.74 Å². The molecule has 1 heterocycles. The maximum absolute atomic E-state index is 5.90.